The SMILES string of the molecule is O=C1CC2(CCCCC2)N(Cc2ccccc2)CCCN(C(=O)c2cnccn2)CCN1. The molecule has 0 bridgehead atoms. The zero-order chi connectivity index (χ0) is 22.2. The highest BCUT2D eigenvalue weighted by Crippen LogP contribution is 2.38. The molecule has 7 nitrogen and oxygen atoms in total. The van der Waals surface area contributed by atoms with Gasteiger partial charge in [0.1, 0.15) is 5.69 Å². The fourth-order valence-electron chi connectivity index (χ4n) is 5.13. The van der Waals surface area contributed by atoms with Crippen molar-refractivity contribution in [3.05, 3.63) is 60.2 Å². The average molecular weight is 436 g/mol. The summed E-state index contributed by atoms with van der Waals surface area (Å²) in [6, 6.07) is 10.5. The lowest BCUT2D eigenvalue weighted by Crippen LogP contribution is -2.52. The Morgan fingerprint density at radius 2 is 1.81 bits per heavy atom. The summed E-state index contributed by atoms with van der Waals surface area (Å²) in [6.07, 6.45) is 11.7. The first-order valence-electron chi connectivity index (χ1n) is 11.8. The fourth-order valence-corrected chi connectivity index (χ4v) is 5.13. The predicted octanol–water partition coefficient (Wildman–Crippen LogP) is 3.03. The molecule has 0 unspecified atom stereocenters. The first-order chi connectivity index (χ1) is 15.7. The summed E-state index contributed by atoms with van der Waals surface area (Å²) >= 11 is 0. The summed E-state index contributed by atoms with van der Waals surface area (Å²) < 4.78 is 0. The molecule has 1 aromatic carbocycles. The topological polar surface area (TPSA) is 78.4 Å². The number of carbonyl (C=O) groups is 2. The number of hydrogen-bond acceptors (Lipinski definition) is 5. The maximum Gasteiger partial charge on any atom is 0.274 e. The maximum absolute atomic E-state index is 13.0. The van der Waals surface area contributed by atoms with Crippen molar-refractivity contribution >= 4 is 11.8 Å². The number of amides is 2. The van der Waals surface area contributed by atoms with Crippen LogP contribution < -0.4 is 5.32 Å². The molecular weight excluding hydrogens is 402 g/mol. The van der Waals surface area contributed by atoms with Crippen LogP contribution >= 0.6 is 0 Å². The van der Waals surface area contributed by atoms with E-state index in [4.69, 9.17) is 0 Å². The molecule has 2 heterocycles. The van der Waals surface area contributed by atoms with Gasteiger partial charge in [-0.1, -0.05) is 49.6 Å². The first-order valence-corrected chi connectivity index (χ1v) is 11.8. The van der Waals surface area contributed by atoms with Gasteiger partial charge in [0, 0.05) is 57.1 Å². The van der Waals surface area contributed by atoms with E-state index in [-0.39, 0.29) is 17.4 Å². The van der Waals surface area contributed by atoms with Crippen LogP contribution in [0, 0.1) is 0 Å². The molecule has 170 valence electrons. The largest absolute Gasteiger partial charge is 0.354 e. The number of nitrogens with zero attached hydrogens (tertiary/aromatic N) is 4. The molecule has 1 spiro atoms. The number of nitrogens with one attached hydrogen (secondary N) is 1. The summed E-state index contributed by atoms with van der Waals surface area (Å²) in [6.45, 7) is 3.25. The van der Waals surface area contributed by atoms with Gasteiger partial charge in [0.2, 0.25) is 5.91 Å². The predicted molar refractivity (Wildman–Crippen MR) is 123 cm³/mol. The van der Waals surface area contributed by atoms with E-state index in [2.05, 4.69) is 44.5 Å². The zero-order valence-electron chi connectivity index (χ0n) is 18.7. The number of aromatic nitrogens is 2. The fraction of sp³-hybridized carbons (Fsp3) is 0.520. The number of carbonyl (C=O) groups excluding carboxylic acids is 2. The molecule has 1 saturated heterocycles. The Labute approximate surface area is 190 Å². The second kappa shape index (κ2) is 10.7. The Kier molecular flexibility index (Phi) is 7.47. The van der Waals surface area contributed by atoms with Crippen molar-refractivity contribution in [3.63, 3.8) is 0 Å². The van der Waals surface area contributed by atoms with Crippen LogP contribution in [0.15, 0.2) is 48.9 Å². The van der Waals surface area contributed by atoms with E-state index in [1.807, 2.05) is 6.07 Å². The van der Waals surface area contributed by atoms with Crippen molar-refractivity contribution in [3.8, 4) is 0 Å². The Bertz CT molecular complexity index is 884. The number of rotatable bonds is 3. The molecule has 4 rings (SSSR count). The van der Waals surface area contributed by atoms with Crippen LogP contribution in [0.3, 0.4) is 0 Å². The van der Waals surface area contributed by atoms with Crippen LogP contribution in [-0.4, -0.2) is 63.3 Å². The van der Waals surface area contributed by atoms with E-state index in [0.717, 1.165) is 45.2 Å². The lowest BCUT2D eigenvalue weighted by molar-refractivity contribution is -0.125. The molecule has 2 fully saturated rings. The highest BCUT2D eigenvalue weighted by molar-refractivity contribution is 5.92. The van der Waals surface area contributed by atoms with Crippen LogP contribution in [-0.2, 0) is 11.3 Å². The Hall–Kier alpha value is -2.80. The van der Waals surface area contributed by atoms with Crippen LogP contribution in [0.2, 0.25) is 0 Å². The Morgan fingerprint density at radius 3 is 2.56 bits per heavy atom. The molecule has 1 saturated carbocycles. The third-order valence-electron chi connectivity index (χ3n) is 6.79. The van der Waals surface area contributed by atoms with Gasteiger partial charge in [-0.05, 0) is 24.8 Å². The van der Waals surface area contributed by atoms with Crippen molar-refractivity contribution < 1.29 is 9.59 Å². The molecule has 1 aliphatic heterocycles. The molecule has 7 heteroatoms. The van der Waals surface area contributed by atoms with Crippen molar-refractivity contribution in [1.82, 2.24) is 25.1 Å². The normalized spacial score (nSPS) is 20.4. The van der Waals surface area contributed by atoms with Gasteiger partial charge in [-0.25, -0.2) is 4.98 Å². The van der Waals surface area contributed by atoms with Crippen LogP contribution in [0.5, 0.6) is 0 Å². The highest BCUT2D eigenvalue weighted by atomic mass is 16.2. The summed E-state index contributed by atoms with van der Waals surface area (Å²) in [7, 11) is 0. The lowest BCUT2D eigenvalue weighted by atomic mass is 9.77. The summed E-state index contributed by atoms with van der Waals surface area (Å²) in [5, 5.41) is 3.08. The molecule has 0 radical (unpaired) electrons. The summed E-state index contributed by atoms with van der Waals surface area (Å²) in [4.78, 5) is 38.5. The van der Waals surface area contributed by atoms with Gasteiger partial charge in [-0.2, -0.15) is 0 Å². The molecule has 2 aromatic rings. The highest BCUT2D eigenvalue weighted by Gasteiger charge is 2.40. The van der Waals surface area contributed by atoms with Gasteiger partial charge in [-0.15, -0.1) is 0 Å². The van der Waals surface area contributed by atoms with Crippen LogP contribution in [0.1, 0.15) is 61.0 Å². The van der Waals surface area contributed by atoms with E-state index < -0.39 is 0 Å². The number of hydrogen-bond donors (Lipinski definition) is 1. The molecular formula is C25H33N5O2. The third-order valence-corrected chi connectivity index (χ3v) is 6.79. The Morgan fingerprint density at radius 1 is 1.00 bits per heavy atom. The molecule has 1 N–H and O–H groups in total. The summed E-state index contributed by atoms with van der Waals surface area (Å²) in [5.41, 5.74) is 1.50. The van der Waals surface area contributed by atoms with Crippen molar-refractivity contribution in [1.29, 1.82) is 0 Å². The van der Waals surface area contributed by atoms with Crippen LogP contribution in [0.4, 0.5) is 0 Å². The molecule has 2 amide bonds. The van der Waals surface area contributed by atoms with Gasteiger partial charge in [0.15, 0.2) is 0 Å². The monoisotopic (exact) mass is 435 g/mol. The quantitative estimate of drug-likeness (QED) is 0.802. The van der Waals surface area contributed by atoms with E-state index >= 15 is 0 Å². The minimum Gasteiger partial charge on any atom is -0.354 e. The van der Waals surface area contributed by atoms with E-state index in [0.29, 0.717) is 31.7 Å². The third kappa shape index (κ3) is 5.51. The van der Waals surface area contributed by atoms with Gasteiger partial charge in [0.25, 0.3) is 5.91 Å². The standard InChI is InChI=1S/C25H33N5O2/c31-23-18-25(10-5-2-6-11-25)30(20-21-8-3-1-4-9-21)16-7-15-29(17-14-28-23)24(32)22-19-26-12-13-27-22/h1,3-4,8-9,12-13,19H,2,5-7,10-11,14-18,20H2,(H,28,31). The smallest absolute Gasteiger partial charge is 0.274 e. The Balaban J connectivity index is 1.55. The summed E-state index contributed by atoms with van der Waals surface area (Å²) in [5.74, 6) is -0.0488. The lowest BCUT2D eigenvalue weighted by Gasteiger charge is -2.46. The van der Waals surface area contributed by atoms with Gasteiger partial charge >= 0.3 is 0 Å². The van der Waals surface area contributed by atoms with Gasteiger partial charge < -0.3 is 10.2 Å². The zero-order valence-corrected chi connectivity index (χ0v) is 18.7. The van der Waals surface area contributed by atoms with Gasteiger partial charge in [0.05, 0.1) is 6.20 Å². The molecule has 32 heavy (non-hydrogen) atoms. The van der Waals surface area contributed by atoms with Crippen molar-refractivity contribution in [2.45, 2.75) is 57.0 Å². The molecule has 2 aliphatic rings. The maximum atomic E-state index is 13.0. The minimum atomic E-state index is -0.131. The van der Waals surface area contributed by atoms with E-state index in [9.17, 15) is 9.59 Å². The van der Waals surface area contributed by atoms with Crippen molar-refractivity contribution in [2.24, 2.45) is 0 Å². The molecule has 0 atom stereocenters. The van der Waals surface area contributed by atoms with E-state index in [1.165, 1.54) is 24.4 Å². The van der Waals surface area contributed by atoms with E-state index in [1.54, 1.807) is 11.1 Å². The number of benzene rings is 1. The van der Waals surface area contributed by atoms with Crippen LogP contribution in [0.25, 0.3) is 0 Å². The van der Waals surface area contributed by atoms with Gasteiger partial charge in [-0.3, -0.25) is 19.5 Å². The first kappa shape index (κ1) is 22.4. The second-order valence-corrected chi connectivity index (χ2v) is 8.96. The molecule has 1 aliphatic carbocycles. The minimum absolute atomic E-state index is 0.0822. The van der Waals surface area contributed by atoms with Crippen molar-refractivity contribution in [2.75, 3.05) is 26.2 Å². The average Bonchev–Trinajstić information content (AvgIpc) is 2.85. The molecule has 1 aromatic heterocycles. The second-order valence-electron chi connectivity index (χ2n) is 8.96.